The Morgan fingerprint density at radius 2 is 1.52 bits per heavy atom. The van der Waals surface area contributed by atoms with Gasteiger partial charge in [0.2, 0.25) is 0 Å². The highest BCUT2D eigenvalue weighted by atomic mass is 16.6. The van der Waals surface area contributed by atoms with Gasteiger partial charge >= 0.3 is 6.09 Å². The number of hydrogen-bond acceptors (Lipinski definition) is 2. The van der Waals surface area contributed by atoms with Crippen molar-refractivity contribution in [2.75, 3.05) is 6.61 Å². The third kappa shape index (κ3) is 4.03. The Balaban J connectivity index is 2.03. The van der Waals surface area contributed by atoms with Gasteiger partial charge in [0.15, 0.2) is 0 Å². The Kier molecular flexibility index (Phi) is 4.81. The Morgan fingerprint density at radius 3 is 2.00 bits per heavy atom. The van der Waals surface area contributed by atoms with Crippen LogP contribution in [0.1, 0.15) is 37.8 Å². The first-order chi connectivity index (χ1) is 12.0. The Hall–Kier alpha value is -2.73. The highest BCUT2D eigenvalue weighted by Gasteiger charge is 2.39. The highest BCUT2D eigenvalue weighted by Crippen LogP contribution is 2.33. The molecule has 0 bridgehead atoms. The van der Waals surface area contributed by atoms with E-state index in [1.165, 1.54) is 0 Å². The van der Waals surface area contributed by atoms with Gasteiger partial charge in [0.1, 0.15) is 6.61 Å². The summed E-state index contributed by atoms with van der Waals surface area (Å²) in [6.45, 7) is 6.43. The van der Waals surface area contributed by atoms with Gasteiger partial charge < -0.3 is 4.74 Å². The summed E-state index contributed by atoms with van der Waals surface area (Å²) in [6.07, 6.45) is -0.362. The first kappa shape index (κ1) is 17.1. The molecule has 1 aliphatic rings. The van der Waals surface area contributed by atoms with Crippen molar-refractivity contribution in [1.29, 1.82) is 0 Å². The lowest BCUT2D eigenvalue weighted by Crippen LogP contribution is -2.35. The van der Waals surface area contributed by atoms with Crippen LogP contribution in [0, 0.1) is 17.4 Å². The predicted octanol–water partition coefficient (Wildman–Crippen LogP) is 4.65. The summed E-state index contributed by atoms with van der Waals surface area (Å²) in [6, 6.07) is 23.4. The fourth-order valence-electron chi connectivity index (χ4n) is 3.00. The fourth-order valence-corrected chi connectivity index (χ4v) is 3.00. The topological polar surface area (TPSA) is 29.5 Å². The second kappa shape index (κ2) is 7.03. The van der Waals surface area contributed by atoms with Gasteiger partial charge in [-0.15, -0.1) is 0 Å². The number of rotatable bonds is 3. The van der Waals surface area contributed by atoms with Crippen LogP contribution in [0.15, 0.2) is 60.7 Å². The zero-order valence-corrected chi connectivity index (χ0v) is 14.9. The average Bonchev–Trinajstić information content (AvgIpc) is 2.95. The van der Waals surface area contributed by atoms with E-state index in [4.69, 9.17) is 4.74 Å². The standard InChI is InChI=1S/C22H23NO2/c1-22(2,3)14-15-23-19(16-25-21(23)24)20(17-10-6-4-7-11-17)18-12-8-5-9-13-18/h4-13,19-20H,16H2,1-3H3/t19-/m0/s1. The molecular weight excluding hydrogens is 310 g/mol. The number of cyclic esters (lactones) is 1. The lowest BCUT2D eigenvalue weighted by Gasteiger charge is -2.27. The molecule has 0 spiro atoms. The lowest BCUT2D eigenvalue weighted by atomic mass is 9.85. The SMILES string of the molecule is CC(C)(C)C#CN1C(=O)OC[C@H]1C(c1ccccc1)c1ccccc1. The second-order valence-electron chi connectivity index (χ2n) is 7.30. The van der Waals surface area contributed by atoms with Gasteiger partial charge in [-0.05, 0) is 31.9 Å². The van der Waals surface area contributed by atoms with Crippen molar-refractivity contribution in [3.8, 4) is 12.0 Å². The van der Waals surface area contributed by atoms with Crippen LogP contribution >= 0.6 is 0 Å². The summed E-state index contributed by atoms with van der Waals surface area (Å²) in [4.78, 5) is 13.8. The van der Waals surface area contributed by atoms with E-state index in [0.29, 0.717) is 6.61 Å². The normalized spacial score (nSPS) is 17.2. The minimum Gasteiger partial charge on any atom is -0.446 e. The van der Waals surface area contributed by atoms with Crippen LogP contribution in [0.25, 0.3) is 0 Å². The van der Waals surface area contributed by atoms with Gasteiger partial charge in [-0.25, -0.2) is 9.69 Å². The summed E-state index contributed by atoms with van der Waals surface area (Å²) in [7, 11) is 0. The summed E-state index contributed by atoms with van der Waals surface area (Å²) in [5.74, 6) is 3.17. The van der Waals surface area contributed by atoms with Crippen molar-refractivity contribution in [3.63, 3.8) is 0 Å². The number of amides is 1. The maximum Gasteiger partial charge on any atom is 0.422 e. The molecule has 0 N–H and O–H groups in total. The van der Waals surface area contributed by atoms with Crippen molar-refractivity contribution in [2.24, 2.45) is 5.41 Å². The molecule has 0 aliphatic carbocycles. The number of hydrogen-bond donors (Lipinski definition) is 0. The minimum atomic E-state index is -0.362. The zero-order valence-electron chi connectivity index (χ0n) is 14.9. The third-order valence-electron chi connectivity index (χ3n) is 4.16. The van der Waals surface area contributed by atoms with Crippen molar-refractivity contribution in [3.05, 3.63) is 71.8 Å². The molecular formula is C22H23NO2. The van der Waals surface area contributed by atoms with Crippen molar-refractivity contribution < 1.29 is 9.53 Å². The van der Waals surface area contributed by atoms with Crippen molar-refractivity contribution in [2.45, 2.75) is 32.7 Å². The van der Waals surface area contributed by atoms with Gasteiger partial charge in [0, 0.05) is 17.4 Å². The highest BCUT2D eigenvalue weighted by molar-refractivity contribution is 5.73. The van der Waals surface area contributed by atoms with Crippen LogP contribution in [0.3, 0.4) is 0 Å². The van der Waals surface area contributed by atoms with Crippen LogP contribution in [-0.4, -0.2) is 23.6 Å². The monoisotopic (exact) mass is 333 g/mol. The van der Waals surface area contributed by atoms with E-state index in [2.05, 4.69) is 36.2 Å². The molecule has 0 saturated carbocycles. The number of carbonyl (C=O) groups excluding carboxylic acids is 1. The molecule has 1 saturated heterocycles. The van der Waals surface area contributed by atoms with Gasteiger partial charge in [0.05, 0.1) is 6.04 Å². The van der Waals surface area contributed by atoms with E-state index < -0.39 is 0 Å². The molecule has 3 heteroatoms. The summed E-state index contributed by atoms with van der Waals surface area (Å²) >= 11 is 0. The van der Waals surface area contributed by atoms with Crippen molar-refractivity contribution in [1.82, 2.24) is 4.90 Å². The lowest BCUT2D eigenvalue weighted by molar-refractivity contribution is 0.167. The first-order valence-corrected chi connectivity index (χ1v) is 8.54. The van der Waals surface area contributed by atoms with Crippen LogP contribution in [0.5, 0.6) is 0 Å². The number of benzene rings is 2. The second-order valence-corrected chi connectivity index (χ2v) is 7.30. The van der Waals surface area contributed by atoms with Gasteiger partial charge in [-0.1, -0.05) is 66.6 Å². The van der Waals surface area contributed by atoms with Crippen LogP contribution < -0.4 is 0 Å². The predicted molar refractivity (Wildman–Crippen MR) is 98.9 cm³/mol. The minimum absolute atomic E-state index is 0.0168. The quantitative estimate of drug-likeness (QED) is 0.766. The molecule has 1 amide bonds. The summed E-state index contributed by atoms with van der Waals surface area (Å²) < 4.78 is 5.35. The van der Waals surface area contributed by atoms with E-state index >= 15 is 0 Å². The molecule has 1 fully saturated rings. The molecule has 128 valence electrons. The maximum atomic E-state index is 12.3. The first-order valence-electron chi connectivity index (χ1n) is 8.54. The van der Waals surface area contributed by atoms with Gasteiger partial charge in [0.25, 0.3) is 0 Å². The van der Waals surface area contributed by atoms with E-state index in [1.807, 2.05) is 57.2 Å². The van der Waals surface area contributed by atoms with E-state index in [9.17, 15) is 4.79 Å². The zero-order chi connectivity index (χ0) is 17.9. The molecule has 1 heterocycles. The number of ether oxygens (including phenoxy) is 1. The Morgan fingerprint density at radius 1 is 1.00 bits per heavy atom. The van der Waals surface area contributed by atoms with Gasteiger partial charge in [-0.2, -0.15) is 0 Å². The van der Waals surface area contributed by atoms with E-state index in [0.717, 1.165) is 11.1 Å². The number of carbonyl (C=O) groups is 1. The van der Waals surface area contributed by atoms with Crippen LogP contribution in [0.4, 0.5) is 4.79 Å². The summed E-state index contributed by atoms with van der Waals surface area (Å²) in [5, 5.41) is 0. The molecule has 0 aromatic heterocycles. The fraction of sp³-hybridized carbons (Fsp3) is 0.318. The Bertz CT molecular complexity index is 742. The Labute approximate surface area is 149 Å². The van der Waals surface area contributed by atoms with E-state index in [-0.39, 0.29) is 23.5 Å². The molecule has 3 rings (SSSR count). The van der Waals surface area contributed by atoms with Gasteiger partial charge in [-0.3, -0.25) is 0 Å². The molecule has 0 radical (unpaired) electrons. The molecule has 2 aromatic carbocycles. The molecule has 25 heavy (non-hydrogen) atoms. The van der Waals surface area contributed by atoms with E-state index in [1.54, 1.807) is 4.90 Å². The van der Waals surface area contributed by atoms with Crippen LogP contribution in [0.2, 0.25) is 0 Å². The van der Waals surface area contributed by atoms with Crippen LogP contribution in [-0.2, 0) is 4.74 Å². The smallest absolute Gasteiger partial charge is 0.422 e. The molecule has 0 unspecified atom stereocenters. The largest absolute Gasteiger partial charge is 0.446 e. The number of nitrogens with zero attached hydrogens (tertiary/aromatic N) is 1. The molecule has 3 nitrogen and oxygen atoms in total. The average molecular weight is 333 g/mol. The van der Waals surface area contributed by atoms with Crippen molar-refractivity contribution >= 4 is 6.09 Å². The molecule has 2 aromatic rings. The third-order valence-corrected chi connectivity index (χ3v) is 4.16. The molecule has 1 atom stereocenters. The maximum absolute atomic E-state index is 12.3. The molecule has 1 aliphatic heterocycles. The summed E-state index contributed by atoms with van der Waals surface area (Å²) in [5.41, 5.74) is 2.13.